The van der Waals surface area contributed by atoms with Crippen LogP contribution in [-0.4, -0.2) is 5.79 Å². The quantitative estimate of drug-likeness (QED) is 0.709. The molecule has 0 spiro atoms. The van der Waals surface area contributed by atoms with Gasteiger partial charge in [0.25, 0.3) is 0 Å². The zero-order valence-electron chi connectivity index (χ0n) is 12.0. The lowest BCUT2D eigenvalue weighted by Crippen LogP contribution is -2.32. The van der Waals surface area contributed by atoms with Crippen LogP contribution in [0.5, 0.6) is 5.75 Å². The molecule has 0 N–H and O–H groups in total. The molecular weight excluding hydrogens is 248 g/mol. The Labute approximate surface area is 120 Å². The predicted molar refractivity (Wildman–Crippen MR) is 82.5 cm³/mol. The minimum absolute atomic E-state index is 0.518. The van der Waals surface area contributed by atoms with E-state index in [1.165, 1.54) is 0 Å². The number of benzene rings is 2. The van der Waals surface area contributed by atoms with Crippen LogP contribution in [0.25, 0.3) is 6.08 Å². The smallest absolute Gasteiger partial charge is 0.205 e. The van der Waals surface area contributed by atoms with Crippen LogP contribution in [0.15, 0.2) is 61.2 Å². The fourth-order valence-electron chi connectivity index (χ4n) is 1.87. The van der Waals surface area contributed by atoms with Gasteiger partial charge in [0, 0.05) is 19.4 Å². The molecule has 2 nitrogen and oxygen atoms in total. The molecule has 2 heteroatoms. The van der Waals surface area contributed by atoms with Gasteiger partial charge in [0.2, 0.25) is 5.79 Å². The highest BCUT2D eigenvalue weighted by atomic mass is 16.7. The maximum Gasteiger partial charge on any atom is 0.205 e. The van der Waals surface area contributed by atoms with Crippen LogP contribution >= 0.6 is 0 Å². The van der Waals surface area contributed by atoms with Gasteiger partial charge in [-0.3, -0.25) is 0 Å². The van der Waals surface area contributed by atoms with Crippen molar-refractivity contribution in [3.63, 3.8) is 0 Å². The van der Waals surface area contributed by atoms with Gasteiger partial charge in [-0.15, -0.1) is 0 Å². The molecule has 0 aliphatic heterocycles. The normalized spacial score (nSPS) is 11.1. The molecule has 0 radical (unpaired) electrons. The van der Waals surface area contributed by atoms with E-state index in [9.17, 15) is 0 Å². The van der Waals surface area contributed by atoms with Crippen molar-refractivity contribution in [2.45, 2.75) is 26.2 Å². The van der Waals surface area contributed by atoms with Gasteiger partial charge in [0.1, 0.15) is 5.75 Å². The summed E-state index contributed by atoms with van der Waals surface area (Å²) in [5.74, 6) is 0.0788. The molecule has 2 aromatic rings. The molecule has 20 heavy (non-hydrogen) atoms. The van der Waals surface area contributed by atoms with E-state index in [1.807, 2.05) is 68.4 Å². The molecule has 104 valence electrons. The fraction of sp³-hybridized carbons (Fsp3) is 0.222. The summed E-state index contributed by atoms with van der Waals surface area (Å²) in [6, 6.07) is 17.9. The maximum absolute atomic E-state index is 5.95. The lowest BCUT2D eigenvalue weighted by Gasteiger charge is -2.27. The van der Waals surface area contributed by atoms with E-state index in [0.29, 0.717) is 6.61 Å². The highest BCUT2D eigenvalue weighted by Gasteiger charge is 2.21. The lowest BCUT2D eigenvalue weighted by molar-refractivity contribution is -0.164. The van der Waals surface area contributed by atoms with Crippen molar-refractivity contribution >= 4 is 6.08 Å². The molecule has 0 saturated carbocycles. The van der Waals surface area contributed by atoms with Gasteiger partial charge in [-0.2, -0.15) is 0 Å². The Kier molecular flexibility index (Phi) is 4.59. The Morgan fingerprint density at radius 2 is 1.65 bits per heavy atom. The van der Waals surface area contributed by atoms with Crippen LogP contribution in [-0.2, 0) is 11.3 Å². The van der Waals surface area contributed by atoms with Crippen LogP contribution in [0, 0.1) is 0 Å². The molecule has 0 fully saturated rings. The highest BCUT2D eigenvalue weighted by molar-refractivity contribution is 5.55. The average Bonchev–Trinajstić information content (AvgIpc) is 2.47. The van der Waals surface area contributed by atoms with Crippen LogP contribution in [0.3, 0.4) is 0 Å². The van der Waals surface area contributed by atoms with Crippen molar-refractivity contribution in [2.75, 3.05) is 0 Å². The second-order valence-electron chi connectivity index (χ2n) is 5.02. The van der Waals surface area contributed by atoms with E-state index < -0.39 is 5.79 Å². The maximum atomic E-state index is 5.95. The summed E-state index contributed by atoms with van der Waals surface area (Å²) < 4.78 is 11.8. The van der Waals surface area contributed by atoms with Gasteiger partial charge < -0.3 is 9.47 Å². The third-order valence-corrected chi connectivity index (χ3v) is 2.92. The van der Waals surface area contributed by atoms with Crippen molar-refractivity contribution in [1.82, 2.24) is 0 Å². The van der Waals surface area contributed by atoms with Gasteiger partial charge in [0.15, 0.2) is 0 Å². The second-order valence-corrected chi connectivity index (χ2v) is 5.02. The number of hydrogen-bond donors (Lipinski definition) is 0. The van der Waals surface area contributed by atoms with E-state index in [4.69, 9.17) is 9.47 Å². The largest absolute Gasteiger partial charge is 0.462 e. The summed E-state index contributed by atoms with van der Waals surface area (Å²) in [6.45, 7) is 8.14. The lowest BCUT2D eigenvalue weighted by atomic mass is 10.2. The summed E-state index contributed by atoms with van der Waals surface area (Å²) in [7, 11) is 0. The summed E-state index contributed by atoms with van der Waals surface area (Å²) in [6.07, 6.45) is 1.78. The molecule has 0 aromatic heterocycles. The molecule has 0 saturated heterocycles. The van der Waals surface area contributed by atoms with Gasteiger partial charge in [-0.05, 0) is 11.6 Å². The fourth-order valence-corrected chi connectivity index (χ4v) is 1.87. The number of rotatable bonds is 6. The van der Waals surface area contributed by atoms with Crippen molar-refractivity contribution < 1.29 is 9.47 Å². The first-order valence-corrected chi connectivity index (χ1v) is 6.69. The number of hydrogen-bond acceptors (Lipinski definition) is 2. The summed E-state index contributed by atoms with van der Waals surface area (Å²) in [4.78, 5) is 0. The van der Waals surface area contributed by atoms with Crippen molar-refractivity contribution in [3.05, 3.63) is 72.3 Å². The van der Waals surface area contributed by atoms with Crippen molar-refractivity contribution in [2.24, 2.45) is 0 Å². The van der Waals surface area contributed by atoms with Gasteiger partial charge in [-0.1, -0.05) is 61.2 Å². The van der Waals surface area contributed by atoms with Crippen LogP contribution in [0.4, 0.5) is 0 Å². The Balaban J connectivity index is 2.01. The number of ether oxygens (including phenoxy) is 2. The van der Waals surface area contributed by atoms with E-state index in [1.54, 1.807) is 6.08 Å². The summed E-state index contributed by atoms with van der Waals surface area (Å²) >= 11 is 0. The van der Waals surface area contributed by atoms with E-state index in [-0.39, 0.29) is 0 Å². The first-order valence-electron chi connectivity index (χ1n) is 6.69. The van der Waals surface area contributed by atoms with Gasteiger partial charge in [-0.25, -0.2) is 0 Å². The minimum Gasteiger partial charge on any atom is -0.462 e. The highest BCUT2D eigenvalue weighted by Crippen LogP contribution is 2.25. The van der Waals surface area contributed by atoms with Gasteiger partial charge >= 0.3 is 0 Å². The Morgan fingerprint density at radius 1 is 1.00 bits per heavy atom. The van der Waals surface area contributed by atoms with Crippen LogP contribution < -0.4 is 4.74 Å². The number of para-hydroxylation sites is 1. The van der Waals surface area contributed by atoms with Crippen LogP contribution in [0.1, 0.15) is 25.0 Å². The Bertz CT molecular complexity index is 559. The standard InChI is InChI=1S/C18H20O2/c1-4-16-12-8-9-13-17(16)20-18(2,3)19-14-15-10-6-5-7-11-15/h4-13H,1,14H2,2-3H3. The summed E-state index contributed by atoms with van der Waals surface area (Å²) in [5.41, 5.74) is 2.09. The zero-order valence-corrected chi connectivity index (χ0v) is 12.0. The zero-order chi connectivity index (χ0) is 14.4. The molecule has 0 amide bonds. The van der Waals surface area contributed by atoms with E-state index >= 15 is 0 Å². The molecular formula is C18H20O2. The third-order valence-electron chi connectivity index (χ3n) is 2.92. The summed E-state index contributed by atoms with van der Waals surface area (Å²) in [5, 5.41) is 0. The van der Waals surface area contributed by atoms with E-state index in [2.05, 4.69) is 6.58 Å². The third kappa shape index (κ3) is 3.97. The van der Waals surface area contributed by atoms with E-state index in [0.717, 1.165) is 16.9 Å². The van der Waals surface area contributed by atoms with Crippen molar-refractivity contribution in [1.29, 1.82) is 0 Å². The molecule has 0 aliphatic rings. The molecule has 0 bridgehead atoms. The molecule has 0 atom stereocenters. The molecule has 2 aromatic carbocycles. The van der Waals surface area contributed by atoms with Crippen LogP contribution in [0.2, 0.25) is 0 Å². The Morgan fingerprint density at radius 3 is 2.35 bits per heavy atom. The molecule has 2 rings (SSSR count). The van der Waals surface area contributed by atoms with Gasteiger partial charge in [0.05, 0.1) is 6.61 Å². The SMILES string of the molecule is C=Cc1ccccc1OC(C)(C)OCc1ccccc1. The second kappa shape index (κ2) is 6.40. The first kappa shape index (κ1) is 14.4. The molecule has 0 aliphatic carbocycles. The molecule has 0 heterocycles. The van der Waals surface area contributed by atoms with Crippen molar-refractivity contribution in [3.8, 4) is 5.75 Å². The minimum atomic E-state index is -0.699. The first-order chi connectivity index (χ1) is 9.61. The topological polar surface area (TPSA) is 18.5 Å². The Hall–Kier alpha value is -2.06. The molecule has 0 unspecified atom stereocenters. The monoisotopic (exact) mass is 268 g/mol. The average molecular weight is 268 g/mol. The predicted octanol–water partition coefficient (Wildman–Crippen LogP) is 4.66.